The standard InChI is InChI=1S/C23H20ClF3N2O3S/c1-16-2-4-17(5-3-16)14-29(33(31,32)21-12-8-19(24)9-13-21)15-22(30)28-20-10-6-18(7-11-20)23(25,26)27/h2-13H,14-15H2,1H3,(H,28,30). The van der Waals surface area contributed by atoms with Gasteiger partial charge < -0.3 is 5.32 Å². The Bertz CT molecular complexity index is 1210. The number of aryl methyl sites for hydroxylation is 1. The van der Waals surface area contributed by atoms with Crippen molar-refractivity contribution in [2.24, 2.45) is 0 Å². The highest BCUT2D eigenvalue weighted by Gasteiger charge is 2.30. The van der Waals surface area contributed by atoms with Crippen molar-refractivity contribution in [1.82, 2.24) is 4.31 Å². The molecule has 0 heterocycles. The van der Waals surface area contributed by atoms with Gasteiger partial charge in [0.25, 0.3) is 0 Å². The van der Waals surface area contributed by atoms with E-state index in [4.69, 9.17) is 11.6 Å². The molecule has 0 unspecified atom stereocenters. The fourth-order valence-corrected chi connectivity index (χ4v) is 4.49. The van der Waals surface area contributed by atoms with Crippen LogP contribution in [0, 0.1) is 6.92 Å². The normalized spacial score (nSPS) is 12.1. The lowest BCUT2D eigenvalue weighted by molar-refractivity contribution is -0.137. The van der Waals surface area contributed by atoms with Crippen LogP contribution < -0.4 is 5.32 Å². The lowest BCUT2D eigenvalue weighted by Gasteiger charge is -2.22. The van der Waals surface area contributed by atoms with Crippen molar-refractivity contribution in [2.75, 3.05) is 11.9 Å². The second-order valence-corrected chi connectivity index (χ2v) is 9.71. The Kier molecular flexibility index (Phi) is 7.46. The van der Waals surface area contributed by atoms with Crippen LogP contribution in [0.3, 0.4) is 0 Å². The summed E-state index contributed by atoms with van der Waals surface area (Å²) in [5, 5.41) is 2.81. The first-order chi connectivity index (χ1) is 15.4. The highest BCUT2D eigenvalue weighted by Crippen LogP contribution is 2.30. The number of amides is 1. The highest BCUT2D eigenvalue weighted by molar-refractivity contribution is 7.89. The molecular formula is C23H20ClF3N2O3S. The van der Waals surface area contributed by atoms with Gasteiger partial charge in [-0.1, -0.05) is 41.4 Å². The van der Waals surface area contributed by atoms with E-state index >= 15 is 0 Å². The molecule has 1 N–H and O–H groups in total. The molecule has 0 aliphatic carbocycles. The third-order valence-corrected chi connectivity index (χ3v) is 6.80. The maximum absolute atomic E-state index is 13.2. The summed E-state index contributed by atoms with van der Waals surface area (Å²) in [6.07, 6.45) is -4.50. The average molecular weight is 497 g/mol. The van der Waals surface area contributed by atoms with Gasteiger partial charge in [-0.15, -0.1) is 0 Å². The zero-order valence-corrected chi connectivity index (χ0v) is 19.0. The molecule has 3 aromatic carbocycles. The van der Waals surface area contributed by atoms with E-state index in [9.17, 15) is 26.4 Å². The number of nitrogens with one attached hydrogen (secondary N) is 1. The maximum atomic E-state index is 13.2. The van der Waals surface area contributed by atoms with Gasteiger partial charge >= 0.3 is 6.18 Å². The van der Waals surface area contributed by atoms with Crippen LogP contribution in [0.2, 0.25) is 5.02 Å². The van der Waals surface area contributed by atoms with Crippen LogP contribution in [-0.2, 0) is 27.5 Å². The first kappa shape index (κ1) is 24.8. The summed E-state index contributed by atoms with van der Waals surface area (Å²) in [5.74, 6) is -0.695. The predicted molar refractivity (Wildman–Crippen MR) is 120 cm³/mol. The van der Waals surface area contributed by atoms with Gasteiger partial charge in [-0.25, -0.2) is 8.42 Å². The van der Waals surface area contributed by atoms with Gasteiger partial charge in [0.1, 0.15) is 0 Å². The zero-order chi connectivity index (χ0) is 24.2. The Hall–Kier alpha value is -2.88. The summed E-state index contributed by atoms with van der Waals surface area (Å²) >= 11 is 5.86. The summed E-state index contributed by atoms with van der Waals surface area (Å²) in [4.78, 5) is 12.6. The molecule has 5 nitrogen and oxygen atoms in total. The van der Waals surface area contributed by atoms with Gasteiger partial charge in [-0.2, -0.15) is 17.5 Å². The summed E-state index contributed by atoms with van der Waals surface area (Å²) in [7, 11) is -4.07. The molecule has 3 rings (SSSR count). The molecule has 0 bridgehead atoms. The van der Waals surface area contributed by atoms with Crippen LogP contribution in [0.25, 0.3) is 0 Å². The van der Waals surface area contributed by atoms with Crippen LogP contribution >= 0.6 is 11.6 Å². The quantitative estimate of drug-likeness (QED) is 0.470. The third-order valence-electron chi connectivity index (χ3n) is 4.75. The molecule has 1 amide bonds. The van der Waals surface area contributed by atoms with Gasteiger partial charge in [0.2, 0.25) is 15.9 Å². The number of carbonyl (C=O) groups excluding carboxylic acids is 1. The number of benzene rings is 3. The van der Waals surface area contributed by atoms with Crippen LogP contribution in [0.5, 0.6) is 0 Å². The number of nitrogens with zero attached hydrogens (tertiary/aromatic N) is 1. The van der Waals surface area contributed by atoms with Crippen molar-refractivity contribution in [2.45, 2.75) is 24.5 Å². The number of rotatable bonds is 7. The van der Waals surface area contributed by atoms with Gasteiger partial charge in [-0.05, 0) is 61.0 Å². The third kappa shape index (κ3) is 6.56. The molecular weight excluding hydrogens is 477 g/mol. The van der Waals surface area contributed by atoms with Crippen molar-refractivity contribution in [3.05, 3.63) is 94.5 Å². The second kappa shape index (κ2) is 9.94. The number of anilines is 1. The summed E-state index contributed by atoms with van der Waals surface area (Å²) < 4.78 is 65.7. The van der Waals surface area contributed by atoms with Gasteiger partial charge in [-0.3, -0.25) is 4.79 Å². The van der Waals surface area contributed by atoms with E-state index in [2.05, 4.69) is 5.32 Å². The first-order valence-electron chi connectivity index (χ1n) is 9.73. The summed E-state index contributed by atoms with van der Waals surface area (Å²) in [6, 6.07) is 16.6. The molecule has 174 valence electrons. The molecule has 10 heteroatoms. The van der Waals surface area contributed by atoms with E-state index < -0.39 is 34.2 Å². The number of alkyl halides is 3. The fraction of sp³-hybridized carbons (Fsp3) is 0.174. The number of halogens is 4. The Morgan fingerprint density at radius 2 is 1.52 bits per heavy atom. The Labute approximate surface area is 194 Å². The molecule has 33 heavy (non-hydrogen) atoms. The molecule has 0 saturated carbocycles. The average Bonchev–Trinajstić information content (AvgIpc) is 2.75. The van der Waals surface area contributed by atoms with Crippen molar-refractivity contribution in [3.63, 3.8) is 0 Å². The smallest absolute Gasteiger partial charge is 0.325 e. The molecule has 0 aliphatic rings. The molecule has 0 spiro atoms. The zero-order valence-electron chi connectivity index (χ0n) is 17.4. The summed E-state index contributed by atoms with van der Waals surface area (Å²) in [6.45, 7) is 1.27. The maximum Gasteiger partial charge on any atom is 0.416 e. The molecule has 0 fully saturated rings. The predicted octanol–water partition coefficient (Wildman–Crippen LogP) is 5.50. The largest absolute Gasteiger partial charge is 0.416 e. The van der Waals surface area contributed by atoms with E-state index in [1.54, 1.807) is 12.1 Å². The SMILES string of the molecule is Cc1ccc(CN(CC(=O)Nc2ccc(C(F)(F)F)cc2)S(=O)(=O)c2ccc(Cl)cc2)cc1. The molecule has 0 aromatic heterocycles. The van der Waals surface area contributed by atoms with Gasteiger partial charge in [0.05, 0.1) is 17.0 Å². The van der Waals surface area contributed by atoms with Crippen molar-refractivity contribution >= 4 is 33.2 Å². The van der Waals surface area contributed by atoms with Crippen LogP contribution in [-0.4, -0.2) is 25.2 Å². The Morgan fingerprint density at radius 3 is 2.06 bits per heavy atom. The fourth-order valence-electron chi connectivity index (χ4n) is 2.98. The summed E-state index contributed by atoms with van der Waals surface area (Å²) in [5.41, 5.74) is 0.922. The highest BCUT2D eigenvalue weighted by atomic mass is 35.5. The van der Waals surface area contributed by atoms with Crippen LogP contribution in [0.4, 0.5) is 18.9 Å². The Morgan fingerprint density at radius 1 is 0.939 bits per heavy atom. The molecule has 0 atom stereocenters. The first-order valence-corrected chi connectivity index (χ1v) is 11.6. The second-order valence-electron chi connectivity index (χ2n) is 7.34. The van der Waals surface area contributed by atoms with E-state index in [1.807, 2.05) is 19.1 Å². The van der Waals surface area contributed by atoms with E-state index in [0.717, 1.165) is 34.1 Å². The van der Waals surface area contributed by atoms with Gasteiger partial charge in [0, 0.05) is 17.3 Å². The Balaban J connectivity index is 1.83. The topological polar surface area (TPSA) is 66.5 Å². The molecule has 0 radical (unpaired) electrons. The minimum atomic E-state index is -4.50. The van der Waals surface area contributed by atoms with E-state index in [1.165, 1.54) is 24.3 Å². The molecule has 3 aromatic rings. The van der Waals surface area contributed by atoms with E-state index in [-0.39, 0.29) is 17.1 Å². The number of carbonyl (C=O) groups is 1. The van der Waals surface area contributed by atoms with Crippen molar-refractivity contribution < 1.29 is 26.4 Å². The lowest BCUT2D eigenvalue weighted by Crippen LogP contribution is -2.37. The van der Waals surface area contributed by atoms with Crippen molar-refractivity contribution in [1.29, 1.82) is 0 Å². The minimum Gasteiger partial charge on any atom is -0.325 e. The van der Waals surface area contributed by atoms with Crippen LogP contribution in [0.15, 0.2) is 77.7 Å². The number of hydrogen-bond donors (Lipinski definition) is 1. The number of sulfonamides is 1. The van der Waals surface area contributed by atoms with Gasteiger partial charge in [0.15, 0.2) is 0 Å². The lowest BCUT2D eigenvalue weighted by atomic mass is 10.1. The minimum absolute atomic E-state index is 0.0404. The van der Waals surface area contributed by atoms with E-state index in [0.29, 0.717) is 10.6 Å². The monoisotopic (exact) mass is 496 g/mol. The molecule has 0 saturated heterocycles. The van der Waals surface area contributed by atoms with Crippen LogP contribution in [0.1, 0.15) is 16.7 Å². The molecule has 0 aliphatic heterocycles. The number of hydrogen-bond acceptors (Lipinski definition) is 3. The van der Waals surface area contributed by atoms with Crippen molar-refractivity contribution in [3.8, 4) is 0 Å².